The minimum atomic E-state index is -0.296. The summed E-state index contributed by atoms with van der Waals surface area (Å²) in [5.41, 5.74) is 2.31. The van der Waals surface area contributed by atoms with E-state index in [1.807, 2.05) is 31.2 Å². The Hall–Kier alpha value is -2.47. The molecule has 0 bridgehead atoms. The molecule has 1 fully saturated rings. The van der Waals surface area contributed by atoms with E-state index in [4.69, 9.17) is 12.2 Å². The summed E-state index contributed by atoms with van der Waals surface area (Å²) in [5.74, 6) is -0.0876. The lowest BCUT2D eigenvalue weighted by molar-refractivity contribution is 0.0907. The van der Waals surface area contributed by atoms with Crippen molar-refractivity contribution in [1.29, 1.82) is 0 Å². The van der Waals surface area contributed by atoms with Gasteiger partial charge in [-0.3, -0.25) is 4.79 Å². The summed E-state index contributed by atoms with van der Waals surface area (Å²) in [6, 6.07) is 13.6. The van der Waals surface area contributed by atoms with Gasteiger partial charge in [-0.15, -0.1) is 0 Å². The van der Waals surface area contributed by atoms with Gasteiger partial charge in [0.15, 0.2) is 5.11 Å². The van der Waals surface area contributed by atoms with Crippen molar-refractivity contribution in [3.05, 3.63) is 65.5 Å². The maximum atomic E-state index is 13.1. The van der Waals surface area contributed by atoms with Gasteiger partial charge in [-0.2, -0.15) is 0 Å². The first kappa shape index (κ1) is 20.3. The lowest BCUT2D eigenvalue weighted by Gasteiger charge is -2.32. The summed E-state index contributed by atoms with van der Waals surface area (Å²) in [6.07, 6.45) is 5.37. The van der Waals surface area contributed by atoms with E-state index in [2.05, 4.69) is 16.0 Å². The molecule has 148 valence electrons. The molecule has 3 rings (SSSR count). The SMILES string of the molecule is Cc1ccccc1C(=O)NC(NC(=S)Nc1ccc(F)cc1)C1CCCCC1. The Morgan fingerprint density at radius 3 is 2.39 bits per heavy atom. The third-order valence-corrected chi connectivity index (χ3v) is 5.41. The van der Waals surface area contributed by atoms with E-state index in [1.165, 1.54) is 18.6 Å². The fourth-order valence-electron chi connectivity index (χ4n) is 3.63. The maximum absolute atomic E-state index is 13.1. The van der Waals surface area contributed by atoms with Gasteiger partial charge >= 0.3 is 0 Å². The van der Waals surface area contributed by atoms with Crippen LogP contribution in [-0.2, 0) is 0 Å². The number of rotatable bonds is 5. The number of benzene rings is 2. The van der Waals surface area contributed by atoms with E-state index in [9.17, 15) is 9.18 Å². The Balaban J connectivity index is 1.69. The molecule has 28 heavy (non-hydrogen) atoms. The molecule has 1 saturated carbocycles. The first-order valence-electron chi connectivity index (χ1n) is 9.72. The van der Waals surface area contributed by atoms with Crippen LogP contribution in [0.2, 0.25) is 0 Å². The Morgan fingerprint density at radius 2 is 1.71 bits per heavy atom. The van der Waals surface area contributed by atoms with Crippen molar-refractivity contribution in [2.24, 2.45) is 5.92 Å². The van der Waals surface area contributed by atoms with Crippen LogP contribution in [0.1, 0.15) is 48.0 Å². The van der Waals surface area contributed by atoms with E-state index in [0.717, 1.165) is 31.2 Å². The topological polar surface area (TPSA) is 53.2 Å². The van der Waals surface area contributed by atoms with E-state index in [-0.39, 0.29) is 17.9 Å². The van der Waals surface area contributed by atoms with Crippen LogP contribution in [-0.4, -0.2) is 17.2 Å². The third kappa shape index (κ3) is 5.52. The highest BCUT2D eigenvalue weighted by Gasteiger charge is 2.26. The molecular formula is C22H26FN3OS. The van der Waals surface area contributed by atoms with E-state index in [1.54, 1.807) is 12.1 Å². The molecule has 1 unspecified atom stereocenters. The number of carbonyl (C=O) groups is 1. The summed E-state index contributed by atoms with van der Waals surface area (Å²) < 4.78 is 13.1. The van der Waals surface area contributed by atoms with Gasteiger partial charge in [0.05, 0.1) is 0 Å². The van der Waals surface area contributed by atoms with Crippen LogP contribution in [0.25, 0.3) is 0 Å². The molecule has 0 spiro atoms. The third-order valence-electron chi connectivity index (χ3n) is 5.19. The van der Waals surface area contributed by atoms with Gasteiger partial charge in [0, 0.05) is 11.3 Å². The zero-order chi connectivity index (χ0) is 19.9. The fraction of sp³-hybridized carbons (Fsp3) is 0.364. The second kappa shape index (κ2) is 9.64. The van der Waals surface area contributed by atoms with E-state index < -0.39 is 0 Å². The Morgan fingerprint density at radius 1 is 1.04 bits per heavy atom. The average Bonchev–Trinajstić information content (AvgIpc) is 2.70. The number of nitrogens with one attached hydrogen (secondary N) is 3. The molecular weight excluding hydrogens is 373 g/mol. The fourth-order valence-corrected chi connectivity index (χ4v) is 3.87. The maximum Gasteiger partial charge on any atom is 0.253 e. The number of aryl methyl sites for hydroxylation is 1. The molecule has 6 heteroatoms. The largest absolute Gasteiger partial charge is 0.342 e. The quantitative estimate of drug-likeness (QED) is 0.501. The first-order valence-corrected chi connectivity index (χ1v) is 10.1. The summed E-state index contributed by atoms with van der Waals surface area (Å²) in [4.78, 5) is 12.8. The molecule has 1 atom stereocenters. The number of hydrogen-bond donors (Lipinski definition) is 3. The van der Waals surface area contributed by atoms with Gasteiger partial charge in [0.2, 0.25) is 0 Å². The second-order valence-electron chi connectivity index (χ2n) is 7.27. The van der Waals surface area contributed by atoms with Crippen LogP contribution in [0.3, 0.4) is 0 Å². The van der Waals surface area contributed by atoms with Crippen LogP contribution in [0.5, 0.6) is 0 Å². The number of carbonyl (C=O) groups excluding carboxylic acids is 1. The van der Waals surface area contributed by atoms with E-state index >= 15 is 0 Å². The molecule has 0 aromatic heterocycles. The number of anilines is 1. The smallest absolute Gasteiger partial charge is 0.253 e. The Bertz CT molecular complexity index is 819. The number of halogens is 1. The minimum Gasteiger partial charge on any atom is -0.342 e. The highest BCUT2D eigenvalue weighted by atomic mass is 32.1. The van der Waals surface area contributed by atoms with Crippen molar-refractivity contribution in [1.82, 2.24) is 10.6 Å². The van der Waals surface area contributed by atoms with Crippen molar-refractivity contribution >= 4 is 28.9 Å². The average molecular weight is 400 g/mol. The molecule has 0 radical (unpaired) electrons. The zero-order valence-electron chi connectivity index (χ0n) is 16.0. The number of hydrogen-bond acceptors (Lipinski definition) is 2. The van der Waals surface area contributed by atoms with Crippen molar-refractivity contribution in [2.45, 2.75) is 45.2 Å². The van der Waals surface area contributed by atoms with Crippen LogP contribution < -0.4 is 16.0 Å². The molecule has 4 nitrogen and oxygen atoms in total. The van der Waals surface area contributed by atoms with Crippen LogP contribution in [0.4, 0.5) is 10.1 Å². The van der Waals surface area contributed by atoms with Crippen molar-refractivity contribution < 1.29 is 9.18 Å². The number of amides is 1. The highest BCUT2D eigenvalue weighted by molar-refractivity contribution is 7.80. The predicted molar refractivity (Wildman–Crippen MR) is 115 cm³/mol. The van der Waals surface area contributed by atoms with Gasteiger partial charge in [0.25, 0.3) is 5.91 Å². The lowest BCUT2D eigenvalue weighted by Crippen LogP contribution is -2.53. The zero-order valence-corrected chi connectivity index (χ0v) is 16.8. The predicted octanol–water partition coefficient (Wildman–Crippen LogP) is 4.76. The van der Waals surface area contributed by atoms with Gasteiger partial charge in [-0.25, -0.2) is 4.39 Å². The molecule has 3 N–H and O–H groups in total. The van der Waals surface area contributed by atoms with Crippen molar-refractivity contribution in [3.63, 3.8) is 0 Å². The first-order chi connectivity index (χ1) is 13.5. The van der Waals surface area contributed by atoms with Crippen LogP contribution in [0.15, 0.2) is 48.5 Å². The Kier molecular flexibility index (Phi) is 6.98. The molecule has 0 heterocycles. The van der Waals surface area contributed by atoms with Crippen LogP contribution in [0, 0.1) is 18.7 Å². The van der Waals surface area contributed by atoms with Gasteiger partial charge < -0.3 is 16.0 Å². The molecule has 1 aliphatic carbocycles. The second-order valence-corrected chi connectivity index (χ2v) is 7.68. The molecule has 2 aromatic rings. The molecule has 1 amide bonds. The normalized spacial score (nSPS) is 15.5. The van der Waals surface area contributed by atoms with Gasteiger partial charge in [0.1, 0.15) is 12.0 Å². The van der Waals surface area contributed by atoms with Crippen molar-refractivity contribution in [3.8, 4) is 0 Å². The lowest BCUT2D eigenvalue weighted by atomic mass is 9.87. The van der Waals surface area contributed by atoms with Gasteiger partial charge in [-0.1, -0.05) is 37.5 Å². The molecule has 2 aromatic carbocycles. The van der Waals surface area contributed by atoms with Crippen molar-refractivity contribution in [2.75, 3.05) is 5.32 Å². The standard InChI is InChI=1S/C22H26FN3OS/c1-15-7-5-6-10-19(15)21(27)25-20(16-8-3-2-4-9-16)26-22(28)24-18-13-11-17(23)12-14-18/h5-7,10-14,16,20H,2-4,8-9H2,1H3,(H,25,27)(H2,24,26,28). The highest BCUT2D eigenvalue weighted by Crippen LogP contribution is 2.26. The molecule has 1 aliphatic rings. The summed E-state index contributed by atoms with van der Waals surface area (Å²) in [5, 5.41) is 9.87. The number of thiocarbonyl (C=S) groups is 1. The Labute approximate surface area is 170 Å². The van der Waals surface area contributed by atoms with Crippen LogP contribution >= 0.6 is 12.2 Å². The van der Waals surface area contributed by atoms with Gasteiger partial charge in [-0.05, 0) is 73.8 Å². The monoisotopic (exact) mass is 399 g/mol. The minimum absolute atomic E-state index is 0.106. The summed E-state index contributed by atoms with van der Waals surface area (Å²) >= 11 is 5.44. The summed E-state index contributed by atoms with van der Waals surface area (Å²) in [6.45, 7) is 1.93. The molecule has 0 aliphatic heterocycles. The van der Waals surface area contributed by atoms with E-state index in [0.29, 0.717) is 22.3 Å². The molecule has 0 saturated heterocycles. The summed E-state index contributed by atoms with van der Waals surface area (Å²) in [7, 11) is 0.